The molecule has 0 radical (unpaired) electrons. The Balaban J connectivity index is 1.80. The molecular formula is C18H14Cl2N4O2. The number of H-pyrrole nitrogens is 1. The molecule has 0 atom stereocenters. The van der Waals surface area contributed by atoms with Crippen LogP contribution in [0, 0.1) is 6.92 Å². The normalized spacial score (nSPS) is 11.0. The van der Waals surface area contributed by atoms with E-state index in [1.165, 1.54) is 23.0 Å². The van der Waals surface area contributed by atoms with Crippen molar-refractivity contribution < 1.29 is 4.79 Å². The van der Waals surface area contributed by atoms with E-state index in [4.69, 9.17) is 23.2 Å². The van der Waals surface area contributed by atoms with Crippen molar-refractivity contribution in [2.24, 2.45) is 5.10 Å². The molecule has 1 amide bonds. The summed E-state index contributed by atoms with van der Waals surface area (Å²) in [7, 11) is 0. The minimum absolute atomic E-state index is 0.217. The van der Waals surface area contributed by atoms with Crippen LogP contribution in [-0.4, -0.2) is 21.9 Å². The van der Waals surface area contributed by atoms with E-state index in [0.29, 0.717) is 22.0 Å². The number of aromatic nitrogens is 2. The monoisotopic (exact) mass is 388 g/mol. The van der Waals surface area contributed by atoms with E-state index in [1.54, 1.807) is 13.0 Å². The first-order valence-electron chi connectivity index (χ1n) is 7.63. The quantitative estimate of drug-likeness (QED) is 0.529. The van der Waals surface area contributed by atoms with E-state index in [2.05, 4.69) is 15.6 Å². The first-order chi connectivity index (χ1) is 12.5. The number of nitrogens with zero attached hydrogens (tertiary/aromatic N) is 2. The maximum atomic E-state index is 12.5. The number of amides is 1. The van der Waals surface area contributed by atoms with Gasteiger partial charge in [0.05, 0.1) is 28.1 Å². The van der Waals surface area contributed by atoms with Gasteiger partial charge in [0, 0.05) is 10.7 Å². The molecule has 0 spiro atoms. The van der Waals surface area contributed by atoms with Crippen LogP contribution in [0.3, 0.4) is 0 Å². The summed E-state index contributed by atoms with van der Waals surface area (Å²) in [4.78, 5) is 24.6. The summed E-state index contributed by atoms with van der Waals surface area (Å²) in [6, 6.07) is 13.7. The standard InChI is InChI=1S/C18H14Cl2N4O2/c1-11-15(18(26)24(23-11)13-5-3-2-4-6-13)10-21-22-17(25)14-8-7-12(19)9-16(14)20/h2-10,23H,1H3,(H,22,25)/b21-10-. The van der Waals surface area contributed by atoms with Crippen LogP contribution in [0.5, 0.6) is 0 Å². The lowest BCUT2D eigenvalue weighted by molar-refractivity contribution is 0.0955. The molecule has 1 heterocycles. The summed E-state index contributed by atoms with van der Waals surface area (Å²) < 4.78 is 1.41. The number of hydrogen-bond acceptors (Lipinski definition) is 3. The Morgan fingerprint density at radius 3 is 2.62 bits per heavy atom. The van der Waals surface area contributed by atoms with E-state index in [9.17, 15) is 9.59 Å². The van der Waals surface area contributed by atoms with Gasteiger partial charge < -0.3 is 0 Å². The fourth-order valence-corrected chi connectivity index (χ4v) is 2.85. The van der Waals surface area contributed by atoms with Gasteiger partial charge in [-0.15, -0.1) is 0 Å². The van der Waals surface area contributed by atoms with Crippen LogP contribution in [0.25, 0.3) is 5.69 Å². The SMILES string of the molecule is Cc1[nH]n(-c2ccccc2)c(=O)c1/C=N\NC(=O)c1ccc(Cl)cc1Cl. The van der Waals surface area contributed by atoms with Gasteiger partial charge in [0.2, 0.25) is 0 Å². The van der Waals surface area contributed by atoms with Crippen molar-refractivity contribution in [1.29, 1.82) is 0 Å². The van der Waals surface area contributed by atoms with Gasteiger partial charge in [0.1, 0.15) is 0 Å². The van der Waals surface area contributed by atoms with Gasteiger partial charge in [-0.05, 0) is 37.3 Å². The maximum absolute atomic E-state index is 12.5. The molecule has 2 N–H and O–H groups in total. The predicted octanol–water partition coefficient (Wildman–Crippen LogP) is 3.54. The highest BCUT2D eigenvalue weighted by Gasteiger charge is 2.12. The molecule has 8 heteroatoms. The Hall–Kier alpha value is -2.83. The molecular weight excluding hydrogens is 375 g/mol. The van der Waals surface area contributed by atoms with Crippen molar-refractivity contribution in [2.45, 2.75) is 6.92 Å². The third kappa shape index (κ3) is 3.71. The minimum Gasteiger partial charge on any atom is -0.295 e. The Labute approximate surface area is 159 Å². The van der Waals surface area contributed by atoms with Gasteiger partial charge in [-0.25, -0.2) is 10.1 Å². The summed E-state index contributed by atoms with van der Waals surface area (Å²) >= 11 is 11.8. The maximum Gasteiger partial charge on any atom is 0.280 e. The van der Waals surface area contributed by atoms with Gasteiger partial charge in [-0.1, -0.05) is 41.4 Å². The van der Waals surface area contributed by atoms with Crippen LogP contribution < -0.4 is 11.0 Å². The summed E-state index contributed by atoms with van der Waals surface area (Å²) in [5.74, 6) is -0.500. The molecule has 0 saturated carbocycles. The number of hydrazone groups is 1. The Morgan fingerprint density at radius 2 is 1.92 bits per heavy atom. The molecule has 0 saturated heterocycles. The van der Waals surface area contributed by atoms with Crippen LogP contribution in [-0.2, 0) is 0 Å². The number of para-hydroxylation sites is 1. The molecule has 1 aromatic heterocycles. The average molecular weight is 389 g/mol. The van der Waals surface area contributed by atoms with E-state index in [1.807, 2.05) is 30.3 Å². The number of nitrogens with one attached hydrogen (secondary N) is 2. The lowest BCUT2D eigenvalue weighted by Gasteiger charge is -2.02. The van der Waals surface area contributed by atoms with Crippen molar-refractivity contribution in [1.82, 2.24) is 15.2 Å². The van der Waals surface area contributed by atoms with E-state index >= 15 is 0 Å². The zero-order valence-electron chi connectivity index (χ0n) is 13.7. The number of carbonyl (C=O) groups excluding carboxylic acids is 1. The fourth-order valence-electron chi connectivity index (χ4n) is 2.36. The zero-order valence-corrected chi connectivity index (χ0v) is 15.2. The molecule has 3 rings (SSSR count). The van der Waals surface area contributed by atoms with Gasteiger partial charge in [0.15, 0.2) is 0 Å². The second-order valence-electron chi connectivity index (χ2n) is 5.45. The van der Waals surface area contributed by atoms with Crippen LogP contribution in [0.1, 0.15) is 21.6 Å². The second-order valence-corrected chi connectivity index (χ2v) is 6.29. The zero-order chi connectivity index (χ0) is 18.7. The van der Waals surface area contributed by atoms with Crippen LogP contribution >= 0.6 is 23.2 Å². The van der Waals surface area contributed by atoms with Gasteiger partial charge in [0.25, 0.3) is 11.5 Å². The first-order valence-corrected chi connectivity index (χ1v) is 8.38. The number of halogens is 2. The molecule has 0 fully saturated rings. The number of aryl methyl sites for hydroxylation is 1. The summed E-state index contributed by atoms with van der Waals surface area (Å²) in [6.07, 6.45) is 1.30. The van der Waals surface area contributed by atoms with E-state index in [0.717, 1.165) is 0 Å². The molecule has 6 nitrogen and oxygen atoms in total. The average Bonchev–Trinajstić information content (AvgIpc) is 2.90. The molecule has 132 valence electrons. The van der Waals surface area contributed by atoms with Crippen molar-refractivity contribution in [3.05, 3.63) is 85.8 Å². The lowest BCUT2D eigenvalue weighted by Crippen LogP contribution is -2.20. The third-order valence-corrected chi connectivity index (χ3v) is 4.21. The topological polar surface area (TPSA) is 79.2 Å². The number of benzene rings is 2. The van der Waals surface area contributed by atoms with Crippen molar-refractivity contribution in [3.8, 4) is 5.69 Å². The van der Waals surface area contributed by atoms with Gasteiger partial charge >= 0.3 is 0 Å². The highest BCUT2D eigenvalue weighted by atomic mass is 35.5. The number of carbonyl (C=O) groups is 1. The van der Waals surface area contributed by atoms with Gasteiger partial charge in [-0.2, -0.15) is 5.10 Å². The third-order valence-electron chi connectivity index (χ3n) is 3.67. The predicted molar refractivity (Wildman–Crippen MR) is 103 cm³/mol. The molecule has 0 bridgehead atoms. The van der Waals surface area contributed by atoms with Crippen molar-refractivity contribution in [3.63, 3.8) is 0 Å². The van der Waals surface area contributed by atoms with Crippen LogP contribution in [0.2, 0.25) is 10.0 Å². The minimum atomic E-state index is -0.500. The smallest absolute Gasteiger partial charge is 0.280 e. The van der Waals surface area contributed by atoms with E-state index in [-0.39, 0.29) is 16.1 Å². The molecule has 26 heavy (non-hydrogen) atoms. The van der Waals surface area contributed by atoms with Gasteiger partial charge in [-0.3, -0.25) is 14.7 Å². The fraction of sp³-hybridized carbons (Fsp3) is 0.0556. The van der Waals surface area contributed by atoms with Crippen LogP contribution in [0.15, 0.2) is 58.4 Å². The summed E-state index contributed by atoms with van der Waals surface area (Å²) in [6.45, 7) is 1.75. The Kier molecular flexibility index (Phi) is 5.25. The highest BCUT2D eigenvalue weighted by Crippen LogP contribution is 2.20. The molecule has 0 aliphatic heterocycles. The number of aromatic amines is 1. The lowest BCUT2D eigenvalue weighted by atomic mass is 10.2. The highest BCUT2D eigenvalue weighted by molar-refractivity contribution is 6.36. The molecule has 2 aromatic carbocycles. The summed E-state index contributed by atoms with van der Waals surface area (Å²) in [5.41, 5.74) is 4.00. The Morgan fingerprint density at radius 1 is 1.19 bits per heavy atom. The molecule has 3 aromatic rings. The number of rotatable bonds is 4. The van der Waals surface area contributed by atoms with E-state index < -0.39 is 5.91 Å². The molecule has 0 aliphatic rings. The summed E-state index contributed by atoms with van der Waals surface area (Å²) in [5, 5.41) is 7.49. The first kappa shape index (κ1) is 18.0. The largest absolute Gasteiger partial charge is 0.295 e. The van der Waals surface area contributed by atoms with Crippen molar-refractivity contribution in [2.75, 3.05) is 0 Å². The molecule has 0 aliphatic carbocycles. The van der Waals surface area contributed by atoms with Crippen molar-refractivity contribution >= 4 is 35.3 Å². The second kappa shape index (κ2) is 7.59. The van der Waals surface area contributed by atoms with Crippen LogP contribution in [0.4, 0.5) is 0 Å². The number of hydrogen-bond donors (Lipinski definition) is 2. The Bertz CT molecular complexity index is 1040. The molecule has 0 unspecified atom stereocenters.